The van der Waals surface area contributed by atoms with Gasteiger partial charge in [-0.3, -0.25) is 0 Å². The maximum atomic E-state index is 5.93. The average Bonchev–Trinajstić information content (AvgIpc) is 2.85. The van der Waals surface area contributed by atoms with E-state index in [0.29, 0.717) is 0 Å². The fourth-order valence-corrected chi connectivity index (χ4v) is 3.32. The van der Waals surface area contributed by atoms with Gasteiger partial charge in [-0.1, -0.05) is 49.4 Å². The molecule has 1 N–H and O–H groups in total. The van der Waals surface area contributed by atoms with Gasteiger partial charge in [0.1, 0.15) is 0 Å². The van der Waals surface area contributed by atoms with Gasteiger partial charge in [-0.15, -0.1) is 0 Å². The van der Waals surface area contributed by atoms with Crippen molar-refractivity contribution in [2.75, 3.05) is 13.6 Å². The molecule has 2 rings (SSSR count). The summed E-state index contributed by atoms with van der Waals surface area (Å²) >= 11 is 5.93. The third-order valence-electron chi connectivity index (χ3n) is 4.07. The molecule has 1 unspecified atom stereocenters. The van der Waals surface area contributed by atoms with Crippen LogP contribution in [0.3, 0.4) is 0 Å². The molecule has 0 spiro atoms. The summed E-state index contributed by atoms with van der Waals surface area (Å²) < 4.78 is 0. The van der Waals surface area contributed by atoms with Crippen LogP contribution in [0.5, 0.6) is 0 Å². The largest absolute Gasteiger partial charge is 0.319 e. The normalized spacial score (nSPS) is 18.1. The van der Waals surface area contributed by atoms with Gasteiger partial charge in [0.05, 0.1) is 0 Å². The van der Waals surface area contributed by atoms with E-state index in [1.54, 1.807) is 0 Å². The van der Waals surface area contributed by atoms with Crippen molar-refractivity contribution in [2.24, 2.45) is 11.8 Å². The number of nitrogens with one attached hydrogen (secondary N) is 1. The number of halogens is 1. The minimum Gasteiger partial charge on any atom is -0.319 e. The molecule has 1 nitrogen and oxygen atoms in total. The molecule has 0 saturated heterocycles. The van der Waals surface area contributed by atoms with Gasteiger partial charge in [0.25, 0.3) is 0 Å². The first kappa shape index (κ1) is 13.9. The minimum atomic E-state index is 0.763. The van der Waals surface area contributed by atoms with Crippen molar-refractivity contribution in [1.82, 2.24) is 5.32 Å². The van der Waals surface area contributed by atoms with Crippen LogP contribution in [-0.2, 0) is 6.42 Å². The topological polar surface area (TPSA) is 12.0 Å². The van der Waals surface area contributed by atoms with Crippen LogP contribution < -0.4 is 5.32 Å². The van der Waals surface area contributed by atoms with Gasteiger partial charge in [0.2, 0.25) is 0 Å². The van der Waals surface area contributed by atoms with Crippen molar-refractivity contribution in [2.45, 2.75) is 38.5 Å². The van der Waals surface area contributed by atoms with E-state index in [1.165, 1.54) is 44.1 Å². The van der Waals surface area contributed by atoms with Gasteiger partial charge in [0, 0.05) is 5.02 Å². The monoisotopic (exact) mass is 265 g/mol. The van der Waals surface area contributed by atoms with Crippen LogP contribution >= 0.6 is 11.6 Å². The van der Waals surface area contributed by atoms with E-state index in [1.807, 2.05) is 12.1 Å². The Hall–Kier alpha value is -0.530. The predicted octanol–water partition coefficient (Wildman–Crippen LogP) is 4.30. The van der Waals surface area contributed by atoms with E-state index in [0.717, 1.165) is 23.4 Å². The second kappa shape index (κ2) is 7.16. The maximum Gasteiger partial charge on any atom is 0.0406 e. The Labute approximate surface area is 116 Å². The maximum absolute atomic E-state index is 5.93. The molecular formula is C16H24ClN. The zero-order valence-electron chi connectivity index (χ0n) is 11.3. The van der Waals surface area contributed by atoms with Gasteiger partial charge in [-0.25, -0.2) is 0 Å². The number of rotatable bonds is 6. The lowest BCUT2D eigenvalue weighted by atomic mass is 9.88. The molecule has 0 bridgehead atoms. The summed E-state index contributed by atoms with van der Waals surface area (Å²) in [5, 5.41) is 4.18. The second-order valence-corrected chi connectivity index (χ2v) is 6.08. The molecule has 1 aromatic rings. The minimum absolute atomic E-state index is 0.763. The van der Waals surface area contributed by atoms with E-state index in [2.05, 4.69) is 24.5 Å². The van der Waals surface area contributed by atoms with Crippen molar-refractivity contribution in [3.05, 3.63) is 34.9 Å². The van der Waals surface area contributed by atoms with Gasteiger partial charge >= 0.3 is 0 Å². The summed E-state index contributed by atoms with van der Waals surface area (Å²) in [6.07, 6.45) is 8.33. The van der Waals surface area contributed by atoms with Crippen LogP contribution in [0.2, 0.25) is 5.02 Å². The van der Waals surface area contributed by atoms with Gasteiger partial charge in [-0.2, -0.15) is 0 Å². The smallest absolute Gasteiger partial charge is 0.0406 e. The van der Waals surface area contributed by atoms with Gasteiger partial charge < -0.3 is 5.32 Å². The zero-order chi connectivity index (χ0) is 12.8. The third-order valence-corrected chi connectivity index (χ3v) is 4.32. The summed E-state index contributed by atoms with van der Waals surface area (Å²) in [5.74, 6) is 1.73. The molecule has 0 aromatic heterocycles. The molecule has 1 aliphatic rings. The summed E-state index contributed by atoms with van der Waals surface area (Å²) in [6, 6.07) is 8.34. The number of hydrogen-bond donors (Lipinski definition) is 1. The molecule has 0 aliphatic heterocycles. The molecule has 18 heavy (non-hydrogen) atoms. The van der Waals surface area contributed by atoms with Crippen molar-refractivity contribution >= 4 is 11.6 Å². The molecule has 1 aliphatic carbocycles. The van der Waals surface area contributed by atoms with Crippen LogP contribution in [0.1, 0.15) is 37.7 Å². The molecule has 100 valence electrons. The molecule has 1 saturated carbocycles. The summed E-state index contributed by atoms with van der Waals surface area (Å²) in [6.45, 7) is 1.12. The molecule has 0 amide bonds. The van der Waals surface area contributed by atoms with Crippen LogP contribution in [0.4, 0.5) is 0 Å². The van der Waals surface area contributed by atoms with E-state index in [-0.39, 0.29) is 0 Å². The molecule has 2 heteroatoms. The third kappa shape index (κ3) is 4.29. The Bertz CT molecular complexity index is 341. The molecular weight excluding hydrogens is 242 g/mol. The Balaban J connectivity index is 1.90. The first-order chi connectivity index (χ1) is 8.78. The lowest BCUT2D eigenvalue weighted by Crippen LogP contribution is -2.22. The average molecular weight is 266 g/mol. The number of hydrogen-bond acceptors (Lipinski definition) is 1. The Morgan fingerprint density at radius 1 is 1.22 bits per heavy atom. The fraction of sp³-hybridized carbons (Fsp3) is 0.625. The fourth-order valence-electron chi connectivity index (χ4n) is 3.20. The van der Waals surface area contributed by atoms with E-state index < -0.39 is 0 Å². The lowest BCUT2D eigenvalue weighted by molar-refractivity contribution is 0.364. The first-order valence-corrected chi connectivity index (χ1v) is 7.54. The standard InChI is InChI=1S/C16H24ClN/c1-18-12-15(10-13-4-2-3-5-13)11-14-6-8-16(17)9-7-14/h6-9,13,15,18H,2-5,10-12H2,1H3. The van der Waals surface area contributed by atoms with Gasteiger partial charge in [0.15, 0.2) is 0 Å². The van der Waals surface area contributed by atoms with Crippen LogP contribution in [0, 0.1) is 11.8 Å². The van der Waals surface area contributed by atoms with E-state index in [9.17, 15) is 0 Å². The highest BCUT2D eigenvalue weighted by molar-refractivity contribution is 6.30. The molecule has 1 aromatic carbocycles. The second-order valence-electron chi connectivity index (χ2n) is 5.64. The van der Waals surface area contributed by atoms with E-state index in [4.69, 9.17) is 11.6 Å². The van der Waals surface area contributed by atoms with Crippen molar-refractivity contribution in [1.29, 1.82) is 0 Å². The van der Waals surface area contributed by atoms with Crippen LogP contribution in [-0.4, -0.2) is 13.6 Å². The Morgan fingerprint density at radius 3 is 2.50 bits per heavy atom. The quantitative estimate of drug-likeness (QED) is 0.809. The van der Waals surface area contributed by atoms with Crippen LogP contribution in [0.25, 0.3) is 0 Å². The van der Waals surface area contributed by atoms with Gasteiger partial charge in [-0.05, 0) is 56.0 Å². The summed E-state index contributed by atoms with van der Waals surface area (Å²) in [5.41, 5.74) is 1.41. The lowest BCUT2D eigenvalue weighted by Gasteiger charge is -2.20. The highest BCUT2D eigenvalue weighted by Crippen LogP contribution is 2.31. The molecule has 1 fully saturated rings. The molecule has 1 atom stereocenters. The Morgan fingerprint density at radius 2 is 1.89 bits per heavy atom. The SMILES string of the molecule is CNCC(Cc1ccc(Cl)cc1)CC1CCCC1. The van der Waals surface area contributed by atoms with Crippen LogP contribution in [0.15, 0.2) is 24.3 Å². The summed E-state index contributed by atoms with van der Waals surface area (Å²) in [4.78, 5) is 0. The molecule has 0 heterocycles. The molecule has 0 radical (unpaired) electrons. The van der Waals surface area contributed by atoms with E-state index >= 15 is 0 Å². The predicted molar refractivity (Wildman–Crippen MR) is 79.1 cm³/mol. The number of benzene rings is 1. The summed E-state index contributed by atoms with van der Waals surface area (Å²) in [7, 11) is 2.06. The Kier molecular flexibility index (Phi) is 5.52. The zero-order valence-corrected chi connectivity index (χ0v) is 12.0. The van der Waals surface area contributed by atoms with Crippen molar-refractivity contribution < 1.29 is 0 Å². The first-order valence-electron chi connectivity index (χ1n) is 7.17. The van der Waals surface area contributed by atoms with Crippen molar-refractivity contribution in [3.63, 3.8) is 0 Å². The highest BCUT2D eigenvalue weighted by atomic mass is 35.5. The highest BCUT2D eigenvalue weighted by Gasteiger charge is 2.20. The van der Waals surface area contributed by atoms with Crippen molar-refractivity contribution in [3.8, 4) is 0 Å².